The molecule has 0 aliphatic carbocycles. The molecule has 0 fully saturated rings. The number of amidine groups is 1. The molecule has 1 aromatic carbocycles. The van der Waals surface area contributed by atoms with Crippen molar-refractivity contribution >= 4 is 35.0 Å². The predicted octanol–water partition coefficient (Wildman–Crippen LogP) is 2.90. The molecule has 2 aliphatic heterocycles. The third-order valence-corrected chi connectivity index (χ3v) is 3.24. The van der Waals surface area contributed by atoms with Crippen molar-refractivity contribution in [3.05, 3.63) is 36.5 Å². The molecule has 0 N–H and O–H groups in total. The van der Waals surface area contributed by atoms with Gasteiger partial charge in [-0.3, -0.25) is 0 Å². The van der Waals surface area contributed by atoms with Crippen molar-refractivity contribution in [2.45, 2.75) is 4.90 Å². The molecule has 4 heteroatoms. The van der Waals surface area contributed by atoms with E-state index in [1.165, 1.54) is 10.6 Å². The first-order valence-electron chi connectivity index (χ1n) is 4.22. The molecule has 0 saturated heterocycles. The predicted molar refractivity (Wildman–Crippen MR) is 63.5 cm³/mol. The molecule has 0 bridgehead atoms. The van der Waals surface area contributed by atoms with E-state index in [2.05, 4.69) is 40.2 Å². The van der Waals surface area contributed by atoms with Gasteiger partial charge in [-0.15, -0.1) is 12.4 Å². The van der Waals surface area contributed by atoms with Gasteiger partial charge in [0.15, 0.2) is 5.17 Å². The summed E-state index contributed by atoms with van der Waals surface area (Å²) in [4.78, 5) is 7.88. The number of hydrogen-bond acceptors (Lipinski definition) is 3. The Morgan fingerprint density at radius 3 is 3.07 bits per heavy atom. The number of benzene rings is 1. The summed E-state index contributed by atoms with van der Waals surface area (Å²) in [5.41, 5.74) is 1.29. The van der Waals surface area contributed by atoms with Gasteiger partial charge in [0, 0.05) is 17.6 Å². The molecule has 0 saturated carbocycles. The summed E-state index contributed by atoms with van der Waals surface area (Å²) in [5.74, 6) is 0. The van der Waals surface area contributed by atoms with Crippen molar-refractivity contribution in [2.24, 2.45) is 4.99 Å². The van der Waals surface area contributed by atoms with Crippen molar-refractivity contribution in [2.75, 3.05) is 11.4 Å². The summed E-state index contributed by atoms with van der Waals surface area (Å²) < 4.78 is 0. The van der Waals surface area contributed by atoms with Crippen LogP contribution in [-0.4, -0.2) is 11.7 Å². The van der Waals surface area contributed by atoms with Crippen LogP contribution < -0.4 is 4.90 Å². The summed E-state index contributed by atoms with van der Waals surface area (Å²) >= 11 is 1.74. The van der Waals surface area contributed by atoms with E-state index in [0.29, 0.717) is 0 Å². The van der Waals surface area contributed by atoms with Crippen LogP contribution in [0.5, 0.6) is 0 Å². The van der Waals surface area contributed by atoms with Gasteiger partial charge in [0.2, 0.25) is 0 Å². The number of hydrogen-bond donors (Lipinski definition) is 0. The zero-order valence-electron chi connectivity index (χ0n) is 7.38. The molecule has 0 amide bonds. The monoisotopic (exact) mass is 224 g/mol. The topological polar surface area (TPSA) is 15.6 Å². The molecule has 1 aromatic rings. The number of fused-ring (bicyclic) bond motifs is 3. The number of aliphatic imine (C=N–C) groups is 1. The number of nitrogens with zero attached hydrogens (tertiary/aromatic N) is 2. The van der Waals surface area contributed by atoms with Crippen LogP contribution in [0.2, 0.25) is 0 Å². The lowest BCUT2D eigenvalue weighted by Crippen LogP contribution is -2.26. The summed E-state index contributed by atoms with van der Waals surface area (Å²) in [6.45, 7) is 0.947. The zero-order valence-corrected chi connectivity index (χ0v) is 9.02. The highest BCUT2D eigenvalue weighted by Gasteiger charge is 2.25. The Labute approximate surface area is 93.1 Å². The van der Waals surface area contributed by atoms with Gasteiger partial charge >= 0.3 is 0 Å². The van der Waals surface area contributed by atoms with Crippen molar-refractivity contribution in [3.63, 3.8) is 0 Å². The van der Waals surface area contributed by atoms with Gasteiger partial charge in [0.05, 0.1) is 5.69 Å². The lowest BCUT2D eigenvalue weighted by Gasteiger charge is -2.18. The van der Waals surface area contributed by atoms with Crippen LogP contribution in [-0.2, 0) is 0 Å². The number of rotatable bonds is 0. The Morgan fingerprint density at radius 2 is 2.14 bits per heavy atom. The Balaban J connectivity index is 0.000000750. The van der Waals surface area contributed by atoms with Crippen LogP contribution in [0, 0.1) is 0 Å². The number of anilines is 1. The minimum Gasteiger partial charge on any atom is -0.316 e. The van der Waals surface area contributed by atoms with E-state index in [4.69, 9.17) is 0 Å². The fraction of sp³-hybridized carbons (Fsp3) is 0.100. The molecule has 0 spiro atoms. The molecule has 72 valence electrons. The maximum absolute atomic E-state index is 4.33. The maximum Gasteiger partial charge on any atom is 0.173 e. The fourth-order valence-corrected chi connectivity index (χ4v) is 2.59. The van der Waals surface area contributed by atoms with Crippen LogP contribution in [0.4, 0.5) is 5.69 Å². The molecule has 0 aromatic heterocycles. The van der Waals surface area contributed by atoms with Crippen molar-refractivity contribution in [1.82, 2.24) is 0 Å². The summed E-state index contributed by atoms with van der Waals surface area (Å²) in [7, 11) is 0. The minimum atomic E-state index is 0. The molecule has 0 unspecified atom stereocenters. The highest BCUT2D eigenvalue weighted by atomic mass is 35.5. The van der Waals surface area contributed by atoms with E-state index in [9.17, 15) is 0 Å². The third kappa shape index (κ3) is 1.33. The second-order valence-electron chi connectivity index (χ2n) is 2.98. The standard InChI is InChI=1S/C10H8N2S.ClH/c1-2-5-9-8(4-1)12-7-3-6-11-10(12)13-9;/h1-6H,7H2;1H. The number of halogens is 1. The number of para-hydroxylation sites is 1. The molecular weight excluding hydrogens is 216 g/mol. The van der Waals surface area contributed by atoms with Crippen molar-refractivity contribution < 1.29 is 0 Å². The van der Waals surface area contributed by atoms with Gasteiger partial charge in [-0.2, -0.15) is 0 Å². The highest BCUT2D eigenvalue weighted by molar-refractivity contribution is 8.14. The van der Waals surface area contributed by atoms with Crippen LogP contribution >= 0.6 is 24.2 Å². The zero-order chi connectivity index (χ0) is 8.67. The first kappa shape index (κ1) is 9.62. The molecule has 0 atom stereocenters. The molecule has 2 heterocycles. The van der Waals surface area contributed by atoms with E-state index < -0.39 is 0 Å². The quantitative estimate of drug-likeness (QED) is 0.674. The first-order chi connectivity index (χ1) is 6.45. The van der Waals surface area contributed by atoms with E-state index >= 15 is 0 Å². The van der Waals surface area contributed by atoms with Crippen LogP contribution in [0.15, 0.2) is 46.4 Å². The van der Waals surface area contributed by atoms with E-state index in [0.717, 1.165) is 11.7 Å². The average Bonchev–Trinajstić information content (AvgIpc) is 2.56. The van der Waals surface area contributed by atoms with Crippen LogP contribution in [0.1, 0.15) is 0 Å². The lowest BCUT2D eigenvalue weighted by molar-refractivity contribution is 1.11. The van der Waals surface area contributed by atoms with Crippen LogP contribution in [0.3, 0.4) is 0 Å². The first-order valence-corrected chi connectivity index (χ1v) is 5.04. The largest absolute Gasteiger partial charge is 0.316 e. The second-order valence-corrected chi connectivity index (χ2v) is 3.99. The fourth-order valence-electron chi connectivity index (χ4n) is 1.56. The molecule has 14 heavy (non-hydrogen) atoms. The minimum absolute atomic E-state index is 0. The average molecular weight is 225 g/mol. The molecule has 3 rings (SSSR count). The maximum atomic E-state index is 4.33. The normalized spacial score (nSPS) is 16.9. The SMILES string of the molecule is C1=CN=C2Sc3ccccc3N2C1.Cl. The van der Waals surface area contributed by atoms with Crippen molar-refractivity contribution in [1.29, 1.82) is 0 Å². The second kappa shape index (κ2) is 3.67. The molecule has 2 aliphatic rings. The van der Waals surface area contributed by atoms with Gasteiger partial charge in [-0.25, -0.2) is 4.99 Å². The Morgan fingerprint density at radius 1 is 1.29 bits per heavy atom. The van der Waals surface area contributed by atoms with Crippen LogP contribution in [0.25, 0.3) is 0 Å². The molecule has 0 radical (unpaired) electrons. The smallest absolute Gasteiger partial charge is 0.173 e. The van der Waals surface area contributed by atoms with Gasteiger partial charge < -0.3 is 4.90 Å². The molecular formula is C10H9ClN2S. The van der Waals surface area contributed by atoms with Gasteiger partial charge in [-0.1, -0.05) is 12.1 Å². The van der Waals surface area contributed by atoms with Gasteiger partial charge in [0.25, 0.3) is 0 Å². The number of thioether (sulfide) groups is 1. The van der Waals surface area contributed by atoms with Gasteiger partial charge in [-0.05, 0) is 30.0 Å². The molecule has 2 nitrogen and oxygen atoms in total. The Hall–Kier alpha value is -0.930. The van der Waals surface area contributed by atoms with E-state index in [1.54, 1.807) is 11.8 Å². The lowest BCUT2D eigenvalue weighted by atomic mass is 10.3. The Bertz CT molecular complexity index is 414. The highest BCUT2D eigenvalue weighted by Crippen LogP contribution is 2.40. The summed E-state index contributed by atoms with van der Waals surface area (Å²) in [5, 5.41) is 1.10. The summed E-state index contributed by atoms with van der Waals surface area (Å²) in [6, 6.07) is 8.42. The summed E-state index contributed by atoms with van der Waals surface area (Å²) in [6.07, 6.45) is 3.96. The Kier molecular flexibility index (Phi) is 2.52. The van der Waals surface area contributed by atoms with E-state index in [1.807, 2.05) is 6.20 Å². The van der Waals surface area contributed by atoms with Gasteiger partial charge in [0.1, 0.15) is 0 Å². The van der Waals surface area contributed by atoms with E-state index in [-0.39, 0.29) is 12.4 Å². The van der Waals surface area contributed by atoms with Crippen molar-refractivity contribution in [3.8, 4) is 0 Å². The third-order valence-electron chi connectivity index (χ3n) is 2.17.